The molecular formula is C15H14Br2FN3O2S2. The van der Waals surface area contributed by atoms with E-state index in [4.69, 9.17) is 0 Å². The fourth-order valence-electron chi connectivity index (χ4n) is 2.50. The molecule has 1 saturated heterocycles. The lowest BCUT2D eigenvalue weighted by Gasteiger charge is -2.35. The maximum absolute atomic E-state index is 13.3. The summed E-state index contributed by atoms with van der Waals surface area (Å²) in [6.45, 7) is 0. The molecule has 2 aromatic rings. The summed E-state index contributed by atoms with van der Waals surface area (Å²) in [4.78, 5) is 13.7. The van der Waals surface area contributed by atoms with Crippen LogP contribution in [0.1, 0.15) is 17.3 Å². The molecule has 0 aliphatic carbocycles. The van der Waals surface area contributed by atoms with Crippen molar-refractivity contribution in [2.75, 3.05) is 12.4 Å². The number of hydrogen-bond acceptors (Lipinski definition) is 5. The summed E-state index contributed by atoms with van der Waals surface area (Å²) in [7, 11) is 1.63. The minimum Gasteiger partial charge on any atom is -0.579 e. The second-order valence-corrected chi connectivity index (χ2v) is 9.53. The summed E-state index contributed by atoms with van der Waals surface area (Å²) in [6, 6.07) is 5.47. The third-order valence-corrected chi connectivity index (χ3v) is 7.50. The fraction of sp³-hybridized carbons (Fsp3) is 0.267. The molecule has 3 rings (SSSR count). The number of hydrogen-bond donors (Lipinski definition) is 2. The third kappa shape index (κ3) is 4.44. The van der Waals surface area contributed by atoms with Gasteiger partial charge in [0.1, 0.15) is 23.4 Å². The lowest BCUT2D eigenvalue weighted by atomic mass is 10.1. The van der Waals surface area contributed by atoms with Crippen LogP contribution < -0.4 is 10.0 Å². The number of likely N-dealkylation sites (N-methyl/N-ethyl adjacent to an activating group) is 1. The molecule has 3 unspecified atom stereocenters. The van der Waals surface area contributed by atoms with E-state index in [9.17, 15) is 13.7 Å². The van der Waals surface area contributed by atoms with E-state index in [1.54, 1.807) is 7.05 Å². The van der Waals surface area contributed by atoms with Crippen molar-refractivity contribution < 1.29 is 13.7 Å². The molecule has 0 radical (unpaired) electrons. The fourth-order valence-corrected chi connectivity index (χ4v) is 5.51. The highest BCUT2D eigenvalue weighted by molar-refractivity contribution is 9.10. The second-order valence-electron chi connectivity index (χ2n) is 5.50. The summed E-state index contributed by atoms with van der Waals surface area (Å²) >= 11 is 6.57. The van der Waals surface area contributed by atoms with Crippen molar-refractivity contribution in [3.63, 3.8) is 0 Å². The molecule has 3 atom stereocenters. The molecule has 134 valence electrons. The predicted octanol–water partition coefficient (Wildman–Crippen LogP) is 3.96. The van der Waals surface area contributed by atoms with Crippen LogP contribution in [0, 0.1) is 5.82 Å². The van der Waals surface area contributed by atoms with Crippen molar-refractivity contribution in [2.24, 2.45) is 0 Å². The molecule has 1 aliphatic heterocycles. The van der Waals surface area contributed by atoms with E-state index in [0.29, 0.717) is 12.1 Å². The molecule has 0 spiro atoms. The Morgan fingerprint density at radius 1 is 1.48 bits per heavy atom. The first-order valence-electron chi connectivity index (χ1n) is 7.26. The van der Waals surface area contributed by atoms with Crippen molar-refractivity contribution in [1.82, 2.24) is 9.03 Å². The zero-order valence-corrected chi connectivity index (χ0v) is 17.8. The third-order valence-electron chi connectivity index (χ3n) is 3.82. The zero-order valence-electron chi connectivity index (χ0n) is 13.0. The number of nitrogens with one attached hydrogen (secondary N) is 2. The Morgan fingerprint density at radius 2 is 2.24 bits per heavy atom. The number of carbonyl (C=O) groups is 1. The molecule has 1 amide bonds. The van der Waals surface area contributed by atoms with E-state index in [1.165, 1.54) is 33.8 Å². The van der Waals surface area contributed by atoms with Gasteiger partial charge in [0.25, 0.3) is 0 Å². The van der Waals surface area contributed by atoms with Crippen molar-refractivity contribution in [2.45, 2.75) is 18.5 Å². The minimum absolute atomic E-state index is 0.177. The van der Waals surface area contributed by atoms with Crippen LogP contribution in [0.2, 0.25) is 0 Å². The Bertz CT molecular complexity index is 792. The SMILES string of the molecule is CN1C(C(=O)Nc2ccc(F)c(Br)c2)CC(c2cc(Br)cs2)N[S+]1[O-]. The topological polar surface area (TPSA) is 67.4 Å². The molecule has 0 saturated carbocycles. The molecule has 1 fully saturated rings. The number of amides is 1. The van der Waals surface area contributed by atoms with Crippen LogP contribution in [0.25, 0.3) is 0 Å². The standard InChI is InChI=1S/C15H14Br2FN3O2S2/c1-21-13(15(22)19-9-2-3-11(18)10(17)5-9)6-12(20-25(21)23)14-4-8(16)7-24-14/h2-5,7,12-13,20H,6H2,1H3,(H,19,22). The van der Waals surface area contributed by atoms with Gasteiger partial charge in [-0.25, -0.2) is 4.39 Å². The number of thiophene rings is 1. The summed E-state index contributed by atoms with van der Waals surface area (Å²) in [5.74, 6) is -0.682. The number of rotatable bonds is 3. The van der Waals surface area contributed by atoms with E-state index >= 15 is 0 Å². The molecule has 2 heterocycles. The van der Waals surface area contributed by atoms with Crippen molar-refractivity contribution in [3.8, 4) is 0 Å². The van der Waals surface area contributed by atoms with E-state index in [1.807, 2.05) is 11.4 Å². The Labute approximate surface area is 168 Å². The van der Waals surface area contributed by atoms with Gasteiger partial charge >= 0.3 is 0 Å². The highest BCUT2D eigenvalue weighted by atomic mass is 79.9. The van der Waals surface area contributed by atoms with Crippen molar-refractivity contribution in [3.05, 3.63) is 49.3 Å². The van der Waals surface area contributed by atoms with Gasteiger partial charge in [-0.2, -0.15) is 0 Å². The van der Waals surface area contributed by atoms with Crippen LogP contribution in [0.5, 0.6) is 0 Å². The van der Waals surface area contributed by atoms with Crippen molar-refractivity contribution in [1.29, 1.82) is 0 Å². The van der Waals surface area contributed by atoms with E-state index in [2.05, 4.69) is 41.9 Å². The van der Waals surface area contributed by atoms with Crippen LogP contribution in [0.3, 0.4) is 0 Å². The van der Waals surface area contributed by atoms with Gasteiger partial charge in [-0.3, -0.25) is 4.79 Å². The van der Waals surface area contributed by atoms with Crippen LogP contribution in [-0.2, 0) is 16.3 Å². The van der Waals surface area contributed by atoms with Crippen LogP contribution in [0.4, 0.5) is 10.1 Å². The zero-order chi connectivity index (χ0) is 18.1. The quantitative estimate of drug-likeness (QED) is 0.613. The summed E-state index contributed by atoms with van der Waals surface area (Å²) in [5.41, 5.74) is 0.478. The maximum Gasteiger partial charge on any atom is 0.246 e. The molecule has 5 nitrogen and oxygen atoms in total. The van der Waals surface area contributed by atoms with Crippen molar-refractivity contribution >= 4 is 66.3 Å². The molecule has 2 N–H and O–H groups in total. The smallest absolute Gasteiger partial charge is 0.246 e. The van der Waals surface area contributed by atoms with Gasteiger partial charge in [0.15, 0.2) is 0 Å². The highest BCUT2D eigenvalue weighted by Crippen LogP contribution is 2.33. The monoisotopic (exact) mass is 509 g/mol. The second kappa shape index (κ2) is 8.03. The molecule has 25 heavy (non-hydrogen) atoms. The number of anilines is 1. The Morgan fingerprint density at radius 3 is 2.88 bits per heavy atom. The van der Waals surface area contributed by atoms with Gasteiger partial charge in [-0.15, -0.1) is 16.1 Å². The first-order chi connectivity index (χ1) is 11.8. The first-order valence-corrected chi connectivity index (χ1v) is 10.8. The normalized spacial score (nSPS) is 24.3. The summed E-state index contributed by atoms with van der Waals surface area (Å²) in [5, 5.41) is 4.71. The van der Waals surface area contributed by atoms with Crippen LogP contribution in [0.15, 0.2) is 38.6 Å². The number of nitrogens with zero attached hydrogens (tertiary/aromatic N) is 1. The van der Waals surface area contributed by atoms with Gasteiger partial charge in [0.05, 0.1) is 10.5 Å². The van der Waals surface area contributed by atoms with Crippen LogP contribution >= 0.6 is 43.2 Å². The minimum atomic E-state index is -1.48. The molecular weight excluding hydrogens is 497 g/mol. The van der Waals surface area contributed by atoms with Gasteiger partial charge in [-0.05, 0) is 56.1 Å². The Hall–Kier alpha value is -0.490. The summed E-state index contributed by atoms with van der Waals surface area (Å²) in [6.07, 6.45) is 0.476. The lowest BCUT2D eigenvalue weighted by Crippen LogP contribution is -2.55. The van der Waals surface area contributed by atoms with E-state index < -0.39 is 23.4 Å². The van der Waals surface area contributed by atoms with Gasteiger partial charge in [0.2, 0.25) is 5.91 Å². The van der Waals surface area contributed by atoms with E-state index in [0.717, 1.165) is 9.35 Å². The maximum atomic E-state index is 13.3. The van der Waals surface area contributed by atoms with E-state index in [-0.39, 0.29) is 16.4 Å². The highest BCUT2D eigenvalue weighted by Gasteiger charge is 2.41. The molecule has 10 heteroatoms. The largest absolute Gasteiger partial charge is 0.579 e. The number of halogens is 3. The predicted molar refractivity (Wildman–Crippen MR) is 105 cm³/mol. The summed E-state index contributed by atoms with van der Waals surface area (Å²) < 4.78 is 31.4. The number of carbonyl (C=O) groups excluding carboxylic acids is 1. The average Bonchev–Trinajstić information content (AvgIpc) is 3.00. The average molecular weight is 511 g/mol. The number of benzene rings is 1. The first kappa shape index (κ1) is 19.3. The molecule has 0 bridgehead atoms. The Kier molecular flexibility index (Phi) is 6.19. The molecule has 1 aliphatic rings. The van der Waals surface area contributed by atoms with Crippen LogP contribution in [-0.4, -0.2) is 27.9 Å². The molecule has 1 aromatic heterocycles. The van der Waals surface area contributed by atoms with Gasteiger partial charge in [0, 0.05) is 33.9 Å². The van der Waals surface area contributed by atoms with Gasteiger partial charge in [-0.1, -0.05) is 4.31 Å². The molecule has 1 aromatic carbocycles. The van der Waals surface area contributed by atoms with Gasteiger partial charge < -0.3 is 9.87 Å². The lowest BCUT2D eigenvalue weighted by molar-refractivity contribution is -0.120. The Balaban J connectivity index is 1.76.